The van der Waals surface area contributed by atoms with Crippen molar-refractivity contribution in [3.63, 3.8) is 0 Å². The fraction of sp³-hybridized carbons (Fsp3) is 0.643. The fourth-order valence-electron chi connectivity index (χ4n) is 2.52. The van der Waals surface area contributed by atoms with E-state index in [-0.39, 0.29) is 0 Å². The first-order valence-corrected chi connectivity index (χ1v) is 6.68. The monoisotopic (exact) mass is 233 g/mol. The van der Waals surface area contributed by atoms with Crippen LogP contribution in [0, 0.1) is 5.92 Å². The molecule has 2 unspecified atom stereocenters. The van der Waals surface area contributed by atoms with Crippen LogP contribution in [0.5, 0.6) is 0 Å². The van der Waals surface area contributed by atoms with Crippen LogP contribution in [0.1, 0.15) is 39.0 Å². The van der Waals surface area contributed by atoms with Gasteiger partial charge in [-0.05, 0) is 31.2 Å². The summed E-state index contributed by atoms with van der Waals surface area (Å²) in [5.41, 5.74) is 1.18. The van der Waals surface area contributed by atoms with Crippen LogP contribution in [0.4, 0.5) is 11.5 Å². The van der Waals surface area contributed by atoms with Crippen LogP contribution in [-0.4, -0.2) is 18.1 Å². The molecule has 0 saturated heterocycles. The molecule has 2 atom stereocenters. The third-order valence-electron chi connectivity index (χ3n) is 3.64. The van der Waals surface area contributed by atoms with E-state index in [1.165, 1.54) is 37.8 Å². The van der Waals surface area contributed by atoms with Gasteiger partial charge in [0.15, 0.2) is 0 Å². The van der Waals surface area contributed by atoms with Gasteiger partial charge in [0.25, 0.3) is 0 Å². The zero-order chi connectivity index (χ0) is 12.1. The van der Waals surface area contributed by atoms with E-state index in [1.807, 2.05) is 13.2 Å². The van der Waals surface area contributed by atoms with Crippen molar-refractivity contribution in [3.05, 3.63) is 18.3 Å². The molecule has 1 saturated carbocycles. The molecular formula is C14H23N3. The van der Waals surface area contributed by atoms with E-state index in [1.54, 1.807) is 0 Å². The Hall–Kier alpha value is -1.25. The first-order chi connectivity index (χ1) is 8.28. The van der Waals surface area contributed by atoms with Gasteiger partial charge in [-0.1, -0.05) is 19.8 Å². The lowest BCUT2D eigenvalue weighted by Gasteiger charge is -2.18. The maximum Gasteiger partial charge on any atom is 0.127 e. The van der Waals surface area contributed by atoms with E-state index >= 15 is 0 Å². The quantitative estimate of drug-likeness (QED) is 0.784. The number of hydrogen-bond acceptors (Lipinski definition) is 3. The predicted octanol–water partition coefficient (Wildman–Crippen LogP) is 3.50. The van der Waals surface area contributed by atoms with Gasteiger partial charge in [-0.25, -0.2) is 4.98 Å². The van der Waals surface area contributed by atoms with Gasteiger partial charge in [-0.2, -0.15) is 0 Å². The Labute approximate surface area is 104 Å². The second-order valence-corrected chi connectivity index (χ2v) is 5.13. The molecule has 17 heavy (non-hydrogen) atoms. The molecule has 2 N–H and O–H groups in total. The second-order valence-electron chi connectivity index (χ2n) is 5.13. The second kappa shape index (κ2) is 5.89. The number of nitrogens with one attached hydrogen (secondary N) is 2. The standard InChI is InChI=1S/C14H23N3/c1-11-4-3-5-12(7-6-11)17-13-8-9-16-14(10-13)15-2/h8-12H,3-7H2,1-2H3,(H2,15,16,17). The maximum atomic E-state index is 4.23. The van der Waals surface area contributed by atoms with Crippen molar-refractivity contribution >= 4 is 11.5 Å². The molecule has 0 radical (unpaired) electrons. The predicted molar refractivity (Wildman–Crippen MR) is 73.4 cm³/mol. The maximum absolute atomic E-state index is 4.23. The van der Waals surface area contributed by atoms with Gasteiger partial charge in [0, 0.05) is 31.0 Å². The molecular weight excluding hydrogens is 210 g/mol. The van der Waals surface area contributed by atoms with Gasteiger partial charge < -0.3 is 10.6 Å². The molecule has 0 aromatic carbocycles. The molecule has 94 valence electrons. The summed E-state index contributed by atoms with van der Waals surface area (Å²) in [5, 5.41) is 6.71. The van der Waals surface area contributed by atoms with Crippen molar-refractivity contribution in [1.29, 1.82) is 0 Å². The van der Waals surface area contributed by atoms with Gasteiger partial charge in [0.2, 0.25) is 0 Å². The van der Waals surface area contributed by atoms with Crippen LogP contribution >= 0.6 is 0 Å². The molecule has 2 rings (SSSR count). The normalized spacial score (nSPS) is 25.1. The van der Waals surface area contributed by atoms with Crippen molar-refractivity contribution in [2.75, 3.05) is 17.7 Å². The van der Waals surface area contributed by atoms with Crippen LogP contribution in [-0.2, 0) is 0 Å². The van der Waals surface area contributed by atoms with E-state index in [9.17, 15) is 0 Å². The van der Waals surface area contributed by atoms with E-state index in [2.05, 4.69) is 34.7 Å². The van der Waals surface area contributed by atoms with Crippen LogP contribution in [0.15, 0.2) is 18.3 Å². The molecule has 1 fully saturated rings. The topological polar surface area (TPSA) is 37.0 Å². The van der Waals surface area contributed by atoms with Crippen molar-refractivity contribution in [2.45, 2.75) is 45.1 Å². The highest BCUT2D eigenvalue weighted by Crippen LogP contribution is 2.25. The Kier molecular flexibility index (Phi) is 4.24. The Morgan fingerprint density at radius 1 is 1.24 bits per heavy atom. The Bertz CT molecular complexity index is 351. The van der Waals surface area contributed by atoms with Crippen LogP contribution in [0.2, 0.25) is 0 Å². The Balaban J connectivity index is 1.94. The Morgan fingerprint density at radius 2 is 2.12 bits per heavy atom. The summed E-state index contributed by atoms with van der Waals surface area (Å²) >= 11 is 0. The first kappa shape index (κ1) is 12.2. The lowest BCUT2D eigenvalue weighted by Crippen LogP contribution is -2.18. The van der Waals surface area contributed by atoms with E-state index < -0.39 is 0 Å². The summed E-state index contributed by atoms with van der Waals surface area (Å²) in [5.74, 6) is 1.82. The molecule has 0 aliphatic heterocycles. The molecule has 1 aromatic rings. The van der Waals surface area contributed by atoms with Gasteiger partial charge in [0.05, 0.1) is 0 Å². The molecule has 1 aliphatic rings. The third-order valence-corrected chi connectivity index (χ3v) is 3.64. The average Bonchev–Trinajstić information content (AvgIpc) is 2.55. The minimum Gasteiger partial charge on any atom is -0.382 e. The number of aromatic nitrogens is 1. The largest absolute Gasteiger partial charge is 0.382 e. The number of pyridine rings is 1. The zero-order valence-corrected chi connectivity index (χ0v) is 10.9. The molecule has 3 nitrogen and oxygen atoms in total. The highest BCUT2D eigenvalue weighted by atomic mass is 15.0. The number of rotatable bonds is 3. The summed E-state index contributed by atoms with van der Waals surface area (Å²) in [7, 11) is 1.90. The molecule has 1 aliphatic carbocycles. The lowest BCUT2D eigenvalue weighted by atomic mass is 10.0. The highest BCUT2D eigenvalue weighted by Gasteiger charge is 2.15. The number of hydrogen-bond donors (Lipinski definition) is 2. The van der Waals surface area contributed by atoms with Gasteiger partial charge in [-0.3, -0.25) is 0 Å². The third kappa shape index (κ3) is 3.62. The van der Waals surface area contributed by atoms with Crippen molar-refractivity contribution in [1.82, 2.24) is 4.98 Å². The van der Waals surface area contributed by atoms with Crippen LogP contribution in [0.25, 0.3) is 0 Å². The number of anilines is 2. The molecule has 1 heterocycles. The van der Waals surface area contributed by atoms with E-state index in [0.29, 0.717) is 6.04 Å². The van der Waals surface area contributed by atoms with Crippen LogP contribution in [0.3, 0.4) is 0 Å². The molecule has 0 amide bonds. The van der Waals surface area contributed by atoms with Gasteiger partial charge >= 0.3 is 0 Å². The van der Waals surface area contributed by atoms with E-state index in [0.717, 1.165) is 11.7 Å². The van der Waals surface area contributed by atoms with E-state index in [4.69, 9.17) is 0 Å². The van der Waals surface area contributed by atoms with Crippen molar-refractivity contribution in [3.8, 4) is 0 Å². The summed E-state index contributed by atoms with van der Waals surface area (Å²) in [6, 6.07) is 4.76. The van der Waals surface area contributed by atoms with Crippen molar-refractivity contribution in [2.24, 2.45) is 5.92 Å². The molecule has 3 heteroatoms. The van der Waals surface area contributed by atoms with Gasteiger partial charge in [-0.15, -0.1) is 0 Å². The minimum absolute atomic E-state index is 0.632. The molecule has 0 bridgehead atoms. The molecule has 0 spiro atoms. The number of nitrogens with zero attached hydrogens (tertiary/aromatic N) is 1. The summed E-state index contributed by atoms with van der Waals surface area (Å²) in [6.07, 6.45) is 8.52. The SMILES string of the molecule is CNc1cc(NC2CCCC(C)CC2)ccn1. The van der Waals surface area contributed by atoms with Crippen molar-refractivity contribution < 1.29 is 0 Å². The smallest absolute Gasteiger partial charge is 0.127 e. The minimum atomic E-state index is 0.632. The summed E-state index contributed by atoms with van der Waals surface area (Å²) in [6.45, 7) is 2.37. The highest BCUT2D eigenvalue weighted by molar-refractivity contribution is 5.52. The van der Waals surface area contributed by atoms with Gasteiger partial charge in [0.1, 0.15) is 5.82 Å². The van der Waals surface area contributed by atoms with Crippen LogP contribution < -0.4 is 10.6 Å². The Morgan fingerprint density at radius 3 is 2.94 bits per heavy atom. The fourth-order valence-corrected chi connectivity index (χ4v) is 2.52. The molecule has 1 aromatic heterocycles. The zero-order valence-electron chi connectivity index (χ0n) is 10.9. The first-order valence-electron chi connectivity index (χ1n) is 6.68. The lowest BCUT2D eigenvalue weighted by molar-refractivity contribution is 0.502. The summed E-state index contributed by atoms with van der Waals surface area (Å²) in [4.78, 5) is 4.23. The summed E-state index contributed by atoms with van der Waals surface area (Å²) < 4.78 is 0. The average molecular weight is 233 g/mol.